The summed E-state index contributed by atoms with van der Waals surface area (Å²) in [6, 6.07) is 14.4. The third kappa shape index (κ3) is 3.88. The smallest absolute Gasteiger partial charge is 0.407 e. The predicted molar refractivity (Wildman–Crippen MR) is 115 cm³/mol. The number of nitrogens with zero attached hydrogens (tertiary/aromatic N) is 1. The van der Waals surface area contributed by atoms with Crippen molar-refractivity contribution in [2.24, 2.45) is 5.92 Å². The molecule has 0 aromatic heterocycles. The molecule has 3 saturated heterocycles. The van der Waals surface area contributed by atoms with Crippen LogP contribution in [-0.4, -0.2) is 36.7 Å². The number of amides is 1. The molecule has 4 aliphatic rings. The quantitative estimate of drug-likeness (QED) is 0.755. The van der Waals surface area contributed by atoms with Gasteiger partial charge in [-0.05, 0) is 79.9 Å². The molecule has 2 aromatic carbocycles. The summed E-state index contributed by atoms with van der Waals surface area (Å²) in [6.45, 7) is 3.18. The standard InChI is InChI=1S/C24H27ClN2O2/c25-21-6-2-1-5-19(21)18-9-8-16-4-3-7-22(20(16)14-18)26-24(28)29-23-15-27-12-10-17(23)11-13-27/h1-2,5-6,8-9,14,17,22-23H,3-4,7,10-13,15H2,(H,26,28)/t22?,23-/m1/s1. The van der Waals surface area contributed by atoms with E-state index in [2.05, 4.69) is 28.4 Å². The first-order valence-electron chi connectivity index (χ1n) is 10.7. The lowest BCUT2D eigenvalue weighted by molar-refractivity contribution is -0.0340. The number of hydrogen-bond acceptors (Lipinski definition) is 3. The molecule has 29 heavy (non-hydrogen) atoms. The van der Waals surface area contributed by atoms with Crippen molar-refractivity contribution in [1.29, 1.82) is 0 Å². The van der Waals surface area contributed by atoms with Crippen molar-refractivity contribution >= 4 is 17.7 Å². The summed E-state index contributed by atoms with van der Waals surface area (Å²) in [5.41, 5.74) is 4.62. The maximum Gasteiger partial charge on any atom is 0.407 e. The number of alkyl carbamates (subject to hydrolysis) is 1. The number of rotatable bonds is 3. The molecule has 152 valence electrons. The average molecular weight is 411 g/mol. The summed E-state index contributed by atoms with van der Waals surface area (Å²) >= 11 is 6.41. The summed E-state index contributed by atoms with van der Waals surface area (Å²) in [5.74, 6) is 0.524. The lowest BCUT2D eigenvalue weighted by atomic mass is 9.85. The van der Waals surface area contributed by atoms with Gasteiger partial charge in [0.1, 0.15) is 6.10 Å². The molecule has 3 aliphatic heterocycles. The van der Waals surface area contributed by atoms with Crippen molar-refractivity contribution in [1.82, 2.24) is 10.2 Å². The Balaban J connectivity index is 1.33. The van der Waals surface area contributed by atoms with E-state index in [1.165, 1.54) is 11.1 Å². The summed E-state index contributed by atoms with van der Waals surface area (Å²) < 4.78 is 5.86. The van der Waals surface area contributed by atoms with Crippen LogP contribution in [0.2, 0.25) is 5.02 Å². The van der Waals surface area contributed by atoms with Gasteiger partial charge in [-0.3, -0.25) is 4.90 Å². The number of ether oxygens (including phenoxy) is 1. The zero-order valence-electron chi connectivity index (χ0n) is 16.6. The van der Waals surface area contributed by atoms with Gasteiger partial charge in [0.2, 0.25) is 0 Å². The molecule has 3 fully saturated rings. The molecule has 4 nitrogen and oxygen atoms in total. The fourth-order valence-electron chi connectivity index (χ4n) is 5.17. The van der Waals surface area contributed by atoms with Gasteiger partial charge >= 0.3 is 6.09 Å². The van der Waals surface area contributed by atoms with Crippen LogP contribution in [0.5, 0.6) is 0 Å². The fourth-order valence-corrected chi connectivity index (χ4v) is 5.41. The second kappa shape index (κ2) is 8.00. The van der Waals surface area contributed by atoms with Crippen LogP contribution < -0.4 is 5.32 Å². The average Bonchev–Trinajstić information content (AvgIpc) is 2.75. The normalized spacial score (nSPS) is 27.9. The Morgan fingerprint density at radius 3 is 2.69 bits per heavy atom. The van der Waals surface area contributed by atoms with Crippen LogP contribution >= 0.6 is 11.6 Å². The van der Waals surface area contributed by atoms with Gasteiger partial charge < -0.3 is 10.1 Å². The first-order chi connectivity index (χ1) is 14.2. The van der Waals surface area contributed by atoms with E-state index >= 15 is 0 Å². The first-order valence-corrected chi connectivity index (χ1v) is 11.1. The van der Waals surface area contributed by atoms with E-state index in [1.807, 2.05) is 24.3 Å². The lowest BCUT2D eigenvalue weighted by Gasteiger charge is -2.44. The van der Waals surface area contributed by atoms with Gasteiger partial charge in [0, 0.05) is 17.1 Å². The van der Waals surface area contributed by atoms with E-state index in [9.17, 15) is 4.79 Å². The Labute approximate surface area is 177 Å². The van der Waals surface area contributed by atoms with Crippen LogP contribution in [-0.2, 0) is 11.2 Å². The fraction of sp³-hybridized carbons (Fsp3) is 0.458. The molecule has 1 aliphatic carbocycles. The maximum absolute atomic E-state index is 12.7. The number of aryl methyl sites for hydroxylation is 1. The SMILES string of the molecule is O=C(NC1CCCc2ccc(-c3ccccc3Cl)cc21)O[C@@H]1CN2CCC1CC2. The highest BCUT2D eigenvalue weighted by Crippen LogP contribution is 2.36. The summed E-state index contributed by atoms with van der Waals surface area (Å²) in [6.07, 6.45) is 5.11. The van der Waals surface area contributed by atoms with Crippen molar-refractivity contribution < 1.29 is 9.53 Å². The highest BCUT2D eigenvalue weighted by molar-refractivity contribution is 6.33. The number of hydrogen-bond donors (Lipinski definition) is 1. The molecule has 2 bridgehead atoms. The number of halogens is 1. The minimum absolute atomic E-state index is 0.00484. The predicted octanol–water partition coefficient (Wildman–Crippen LogP) is 5.20. The van der Waals surface area contributed by atoms with Crippen LogP contribution in [0.3, 0.4) is 0 Å². The monoisotopic (exact) mass is 410 g/mol. The van der Waals surface area contributed by atoms with Gasteiger partial charge in [-0.1, -0.05) is 41.9 Å². The van der Waals surface area contributed by atoms with Gasteiger partial charge in [0.25, 0.3) is 0 Å². The molecule has 1 N–H and O–H groups in total. The van der Waals surface area contributed by atoms with Gasteiger partial charge in [-0.2, -0.15) is 0 Å². The van der Waals surface area contributed by atoms with Crippen LogP contribution in [0, 0.1) is 5.92 Å². The summed E-state index contributed by atoms with van der Waals surface area (Å²) in [7, 11) is 0. The highest BCUT2D eigenvalue weighted by atomic mass is 35.5. The van der Waals surface area contributed by atoms with Gasteiger partial charge in [0.05, 0.1) is 6.04 Å². The number of piperidine rings is 3. The molecule has 6 rings (SSSR count). The van der Waals surface area contributed by atoms with Crippen LogP contribution in [0.4, 0.5) is 4.79 Å². The topological polar surface area (TPSA) is 41.6 Å². The molecular weight excluding hydrogens is 384 g/mol. The van der Waals surface area contributed by atoms with E-state index in [0.29, 0.717) is 5.92 Å². The maximum atomic E-state index is 12.7. The first kappa shape index (κ1) is 19.0. The molecule has 0 saturated carbocycles. The Morgan fingerprint density at radius 1 is 1.10 bits per heavy atom. The molecule has 1 unspecified atom stereocenters. The van der Waals surface area contributed by atoms with Crippen molar-refractivity contribution in [2.45, 2.75) is 44.2 Å². The molecule has 2 aromatic rings. The highest BCUT2D eigenvalue weighted by Gasteiger charge is 2.37. The Kier molecular flexibility index (Phi) is 5.23. The molecule has 0 radical (unpaired) electrons. The van der Waals surface area contributed by atoms with Crippen LogP contribution in [0.15, 0.2) is 42.5 Å². The lowest BCUT2D eigenvalue weighted by Crippen LogP contribution is -2.52. The molecule has 3 heterocycles. The van der Waals surface area contributed by atoms with Crippen molar-refractivity contribution in [3.63, 3.8) is 0 Å². The van der Waals surface area contributed by atoms with Gasteiger partial charge in [-0.25, -0.2) is 4.79 Å². The Bertz CT molecular complexity index is 908. The van der Waals surface area contributed by atoms with E-state index < -0.39 is 0 Å². The molecular formula is C24H27ClN2O2. The molecule has 5 heteroatoms. The van der Waals surface area contributed by atoms with E-state index in [0.717, 1.165) is 67.9 Å². The van der Waals surface area contributed by atoms with Crippen LogP contribution in [0.25, 0.3) is 11.1 Å². The van der Waals surface area contributed by atoms with E-state index in [4.69, 9.17) is 16.3 Å². The number of carbonyl (C=O) groups is 1. The van der Waals surface area contributed by atoms with Crippen molar-refractivity contribution in [2.75, 3.05) is 19.6 Å². The summed E-state index contributed by atoms with van der Waals surface area (Å²) in [5, 5.41) is 3.91. The summed E-state index contributed by atoms with van der Waals surface area (Å²) in [4.78, 5) is 15.1. The Morgan fingerprint density at radius 2 is 1.93 bits per heavy atom. The largest absolute Gasteiger partial charge is 0.445 e. The second-order valence-corrected chi connectivity index (χ2v) is 8.97. The third-order valence-corrected chi connectivity index (χ3v) is 7.12. The van der Waals surface area contributed by atoms with Gasteiger partial charge in [0.15, 0.2) is 0 Å². The molecule has 2 atom stereocenters. The van der Waals surface area contributed by atoms with E-state index in [1.54, 1.807) is 0 Å². The second-order valence-electron chi connectivity index (χ2n) is 8.56. The number of fused-ring (bicyclic) bond motifs is 4. The van der Waals surface area contributed by atoms with E-state index in [-0.39, 0.29) is 18.2 Å². The molecule has 1 amide bonds. The van der Waals surface area contributed by atoms with Crippen molar-refractivity contribution in [3.05, 3.63) is 58.6 Å². The minimum Gasteiger partial charge on any atom is -0.445 e. The number of benzene rings is 2. The number of nitrogens with one attached hydrogen (secondary N) is 1. The zero-order chi connectivity index (χ0) is 19.8. The van der Waals surface area contributed by atoms with Crippen LogP contribution in [0.1, 0.15) is 42.9 Å². The molecule has 0 spiro atoms. The minimum atomic E-state index is -0.273. The number of carbonyl (C=O) groups excluding carboxylic acids is 1. The Hall–Kier alpha value is -2.04. The van der Waals surface area contributed by atoms with Gasteiger partial charge in [-0.15, -0.1) is 0 Å². The zero-order valence-corrected chi connectivity index (χ0v) is 17.3. The third-order valence-electron chi connectivity index (χ3n) is 6.79. The van der Waals surface area contributed by atoms with Crippen molar-refractivity contribution in [3.8, 4) is 11.1 Å².